The molecule has 0 amide bonds. The molecule has 2 rings (SSSR count). The first kappa shape index (κ1) is 9.44. The van der Waals surface area contributed by atoms with Crippen molar-refractivity contribution in [3.8, 4) is 0 Å². The molecule has 0 saturated carbocycles. The molecule has 0 atom stereocenters. The van der Waals surface area contributed by atoms with Crippen LogP contribution in [0.2, 0.25) is 5.02 Å². The summed E-state index contributed by atoms with van der Waals surface area (Å²) in [5, 5.41) is 10.7. The quantitative estimate of drug-likeness (QED) is 0.780. The zero-order valence-corrected chi connectivity index (χ0v) is 8.54. The van der Waals surface area contributed by atoms with Gasteiger partial charge in [0.15, 0.2) is 0 Å². The number of aliphatic hydroxyl groups excluding tert-OH is 1. The number of aryl methyl sites for hydroxylation is 1. The fourth-order valence-electron chi connectivity index (χ4n) is 1.58. The van der Waals surface area contributed by atoms with Gasteiger partial charge in [0.25, 0.3) is 0 Å². The third kappa shape index (κ3) is 1.59. The number of nitrogens with zero attached hydrogens (tertiary/aromatic N) is 1. The molecule has 14 heavy (non-hydrogen) atoms. The number of aromatic nitrogens is 1. The molecule has 72 valence electrons. The maximum Gasteiger partial charge on any atom is 0.0758 e. The molecule has 0 aliphatic heterocycles. The molecule has 3 heteroatoms. The number of hydrogen-bond donors (Lipinski definition) is 1. The predicted octanol–water partition coefficient (Wildman–Crippen LogP) is 2.69. The Balaban J connectivity index is 2.81. The Kier molecular flexibility index (Phi) is 2.40. The monoisotopic (exact) mass is 207 g/mol. The molecule has 0 saturated heterocycles. The van der Waals surface area contributed by atoms with Crippen molar-refractivity contribution in [3.63, 3.8) is 0 Å². The molecule has 0 radical (unpaired) electrons. The van der Waals surface area contributed by atoms with Gasteiger partial charge in [0.05, 0.1) is 17.1 Å². The topological polar surface area (TPSA) is 33.1 Å². The summed E-state index contributed by atoms with van der Waals surface area (Å²) in [5.74, 6) is 0. The minimum absolute atomic E-state index is 0.00676. The highest BCUT2D eigenvalue weighted by molar-refractivity contribution is 6.31. The second kappa shape index (κ2) is 3.56. The maximum absolute atomic E-state index is 9.16. The normalized spacial score (nSPS) is 10.8. The largest absolute Gasteiger partial charge is 0.392 e. The Hall–Kier alpha value is -1.12. The smallest absolute Gasteiger partial charge is 0.0758 e. The van der Waals surface area contributed by atoms with E-state index < -0.39 is 0 Å². The Morgan fingerprint density at radius 2 is 2.14 bits per heavy atom. The van der Waals surface area contributed by atoms with E-state index in [9.17, 15) is 0 Å². The first-order valence-corrected chi connectivity index (χ1v) is 4.74. The average molecular weight is 208 g/mol. The second-order valence-electron chi connectivity index (χ2n) is 3.31. The van der Waals surface area contributed by atoms with Crippen molar-refractivity contribution in [1.29, 1.82) is 0 Å². The average Bonchev–Trinajstić information content (AvgIpc) is 2.15. The van der Waals surface area contributed by atoms with Gasteiger partial charge in [-0.2, -0.15) is 0 Å². The highest BCUT2D eigenvalue weighted by Gasteiger charge is 2.03. The minimum Gasteiger partial charge on any atom is -0.392 e. The minimum atomic E-state index is 0.00676. The van der Waals surface area contributed by atoms with E-state index in [4.69, 9.17) is 16.7 Å². The van der Waals surface area contributed by atoms with Crippen molar-refractivity contribution >= 4 is 22.5 Å². The number of hydrogen-bond acceptors (Lipinski definition) is 2. The molecular formula is C11H10ClNO. The van der Waals surface area contributed by atoms with E-state index in [1.165, 1.54) is 0 Å². The zero-order valence-electron chi connectivity index (χ0n) is 7.79. The third-order valence-corrected chi connectivity index (χ3v) is 2.35. The summed E-state index contributed by atoms with van der Waals surface area (Å²) in [6, 6.07) is 5.80. The molecule has 0 unspecified atom stereocenters. The number of halogens is 1. The highest BCUT2D eigenvalue weighted by Crippen LogP contribution is 2.21. The summed E-state index contributed by atoms with van der Waals surface area (Å²) in [6.45, 7) is 1.99. The van der Waals surface area contributed by atoms with Crippen LogP contribution in [0.1, 0.15) is 11.1 Å². The van der Waals surface area contributed by atoms with Crippen LogP contribution in [0.15, 0.2) is 24.4 Å². The third-order valence-electron chi connectivity index (χ3n) is 2.14. The Morgan fingerprint density at radius 3 is 2.86 bits per heavy atom. The van der Waals surface area contributed by atoms with Gasteiger partial charge in [-0.3, -0.25) is 4.98 Å². The fraction of sp³-hybridized carbons (Fsp3) is 0.182. The molecule has 1 aromatic carbocycles. The van der Waals surface area contributed by atoms with Crippen LogP contribution < -0.4 is 0 Å². The van der Waals surface area contributed by atoms with E-state index in [1.54, 1.807) is 6.20 Å². The Labute approximate surface area is 87.2 Å². The SMILES string of the molecule is Cc1cc(CO)c2ncc(Cl)cc2c1. The number of benzene rings is 1. The van der Waals surface area contributed by atoms with E-state index in [1.807, 2.05) is 25.1 Å². The molecular weight excluding hydrogens is 198 g/mol. The molecule has 0 fully saturated rings. The van der Waals surface area contributed by atoms with E-state index in [0.29, 0.717) is 5.02 Å². The number of pyridine rings is 1. The van der Waals surface area contributed by atoms with Crippen LogP contribution in [0.25, 0.3) is 10.9 Å². The Bertz CT molecular complexity index is 477. The predicted molar refractivity (Wildman–Crippen MR) is 57.4 cm³/mol. The van der Waals surface area contributed by atoms with Gasteiger partial charge >= 0.3 is 0 Å². The highest BCUT2D eigenvalue weighted by atomic mass is 35.5. The van der Waals surface area contributed by atoms with Gasteiger partial charge in [0.1, 0.15) is 0 Å². The molecule has 0 bridgehead atoms. The van der Waals surface area contributed by atoms with Crippen LogP contribution in [0.3, 0.4) is 0 Å². The van der Waals surface area contributed by atoms with Gasteiger partial charge in [0.2, 0.25) is 0 Å². The second-order valence-corrected chi connectivity index (χ2v) is 3.74. The summed E-state index contributed by atoms with van der Waals surface area (Å²) in [5.41, 5.74) is 2.77. The van der Waals surface area contributed by atoms with Gasteiger partial charge in [0, 0.05) is 17.1 Å². The lowest BCUT2D eigenvalue weighted by Crippen LogP contribution is -1.90. The number of fused-ring (bicyclic) bond motifs is 1. The lowest BCUT2D eigenvalue weighted by atomic mass is 10.1. The molecule has 2 aromatic rings. The first-order chi connectivity index (χ1) is 6.70. The summed E-state index contributed by atoms with van der Waals surface area (Å²) in [7, 11) is 0. The van der Waals surface area contributed by atoms with Crippen LogP contribution >= 0.6 is 11.6 Å². The van der Waals surface area contributed by atoms with Crippen LogP contribution in [0.5, 0.6) is 0 Å². The van der Waals surface area contributed by atoms with E-state index in [2.05, 4.69) is 4.98 Å². The van der Waals surface area contributed by atoms with Crippen molar-refractivity contribution in [2.75, 3.05) is 0 Å². The molecule has 1 heterocycles. The summed E-state index contributed by atoms with van der Waals surface area (Å²) in [6.07, 6.45) is 1.60. The van der Waals surface area contributed by atoms with Gasteiger partial charge in [-0.25, -0.2) is 0 Å². The van der Waals surface area contributed by atoms with Crippen LogP contribution in [-0.2, 0) is 6.61 Å². The molecule has 0 spiro atoms. The molecule has 2 nitrogen and oxygen atoms in total. The molecule has 1 N–H and O–H groups in total. The van der Waals surface area contributed by atoms with Crippen molar-refractivity contribution in [3.05, 3.63) is 40.5 Å². The summed E-state index contributed by atoms with van der Waals surface area (Å²) >= 11 is 5.84. The standard InChI is InChI=1S/C11H10ClNO/c1-7-2-8-4-10(12)5-13-11(8)9(3-7)6-14/h2-5,14H,6H2,1H3. The lowest BCUT2D eigenvalue weighted by molar-refractivity contribution is 0.283. The number of aliphatic hydroxyl groups is 1. The van der Waals surface area contributed by atoms with E-state index in [0.717, 1.165) is 22.0 Å². The van der Waals surface area contributed by atoms with Crippen LogP contribution in [0, 0.1) is 6.92 Å². The van der Waals surface area contributed by atoms with Gasteiger partial charge in [-0.05, 0) is 19.1 Å². The van der Waals surface area contributed by atoms with Crippen molar-refractivity contribution in [2.24, 2.45) is 0 Å². The zero-order chi connectivity index (χ0) is 10.1. The van der Waals surface area contributed by atoms with Crippen LogP contribution in [0.4, 0.5) is 0 Å². The van der Waals surface area contributed by atoms with Gasteiger partial charge in [-0.1, -0.05) is 23.2 Å². The molecule has 0 aliphatic carbocycles. The summed E-state index contributed by atoms with van der Waals surface area (Å²) < 4.78 is 0. The maximum atomic E-state index is 9.16. The summed E-state index contributed by atoms with van der Waals surface area (Å²) in [4.78, 5) is 4.20. The fourth-order valence-corrected chi connectivity index (χ4v) is 1.75. The van der Waals surface area contributed by atoms with Crippen LogP contribution in [-0.4, -0.2) is 10.1 Å². The molecule has 1 aromatic heterocycles. The van der Waals surface area contributed by atoms with Crippen molar-refractivity contribution in [2.45, 2.75) is 13.5 Å². The molecule has 0 aliphatic rings. The van der Waals surface area contributed by atoms with E-state index in [-0.39, 0.29) is 6.61 Å². The van der Waals surface area contributed by atoms with Gasteiger partial charge in [-0.15, -0.1) is 0 Å². The number of rotatable bonds is 1. The Morgan fingerprint density at radius 1 is 1.36 bits per heavy atom. The van der Waals surface area contributed by atoms with Gasteiger partial charge < -0.3 is 5.11 Å². The first-order valence-electron chi connectivity index (χ1n) is 4.36. The van der Waals surface area contributed by atoms with Crippen molar-refractivity contribution < 1.29 is 5.11 Å². The van der Waals surface area contributed by atoms with Crippen molar-refractivity contribution in [1.82, 2.24) is 4.98 Å². The van der Waals surface area contributed by atoms with E-state index >= 15 is 0 Å². The lowest BCUT2D eigenvalue weighted by Gasteiger charge is -2.04.